The Morgan fingerprint density at radius 1 is 1.36 bits per heavy atom. The summed E-state index contributed by atoms with van der Waals surface area (Å²) in [6.07, 6.45) is 3.90. The maximum absolute atomic E-state index is 5.88. The highest BCUT2D eigenvalue weighted by molar-refractivity contribution is 6.20. The van der Waals surface area contributed by atoms with Gasteiger partial charge in [0.25, 0.3) is 0 Å². The summed E-state index contributed by atoms with van der Waals surface area (Å²) in [4.78, 5) is 4.34. The first-order chi connectivity index (χ1) is 6.74. The van der Waals surface area contributed by atoms with Gasteiger partial charge in [-0.1, -0.05) is 5.16 Å². The zero-order chi connectivity index (χ0) is 9.71. The lowest BCUT2D eigenvalue weighted by molar-refractivity contribution is 0.342. The number of alkyl halides is 1. The normalized spacial score (nSPS) is 36.9. The monoisotopic (exact) mass is 212 g/mol. The van der Waals surface area contributed by atoms with E-state index in [0.29, 0.717) is 11.7 Å². The van der Waals surface area contributed by atoms with E-state index in [-0.39, 0.29) is 5.38 Å². The number of hydrogen-bond donors (Lipinski definition) is 0. The summed E-state index contributed by atoms with van der Waals surface area (Å²) in [6, 6.07) is 0. The maximum Gasteiger partial charge on any atom is 0.229 e. The number of nitrogens with zero attached hydrogens (tertiary/aromatic N) is 2. The van der Waals surface area contributed by atoms with E-state index in [1.165, 1.54) is 19.3 Å². The average molecular weight is 213 g/mol. The summed E-state index contributed by atoms with van der Waals surface area (Å²) in [7, 11) is 0. The second kappa shape index (κ2) is 2.96. The predicted octanol–water partition coefficient (Wildman–Crippen LogP) is 2.88. The molecule has 3 nitrogen and oxygen atoms in total. The minimum atomic E-state index is -0.150. The van der Waals surface area contributed by atoms with Crippen LogP contribution in [0.15, 0.2) is 4.52 Å². The minimum Gasteiger partial charge on any atom is -0.339 e. The lowest BCUT2D eigenvalue weighted by Gasteiger charge is -2.03. The van der Waals surface area contributed by atoms with Crippen molar-refractivity contribution in [2.75, 3.05) is 0 Å². The predicted molar refractivity (Wildman–Crippen MR) is 52.1 cm³/mol. The van der Waals surface area contributed by atoms with Crippen LogP contribution in [0, 0.1) is 11.8 Å². The molecular formula is C10H13ClN2O. The Morgan fingerprint density at radius 3 is 2.64 bits per heavy atom. The van der Waals surface area contributed by atoms with Gasteiger partial charge in [-0.25, -0.2) is 0 Å². The maximum atomic E-state index is 5.88. The first kappa shape index (κ1) is 8.72. The molecule has 2 saturated carbocycles. The van der Waals surface area contributed by atoms with Gasteiger partial charge < -0.3 is 4.52 Å². The molecule has 1 heterocycles. The van der Waals surface area contributed by atoms with E-state index in [0.717, 1.165) is 17.7 Å². The molecule has 4 heteroatoms. The van der Waals surface area contributed by atoms with Crippen molar-refractivity contribution in [2.45, 2.75) is 37.5 Å². The van der Waals surface area contributed by atoms with E-state index in [1.807, 2.05) is 6.92 Å². The van der Waals surface area contributed by atoms with Gasteiger partial charge in [0.2, 0.25) is 5.89 Å². The SMILES string of the molecule is CC(Cl)c1noc(C2CC3CC3C2)n1. The van der Waals surface area contributed by atoms with Crippen molar-refractivity contribution >= 4 is 11.6 Å². The molecule has 14 heavy (non-hydrogen) atoms. The lowest BCUT2D eigenvalue weighted by Crippen LogP contribution is -1.96. The summed E-state index contributed by atoms with van der Waals surface area (Å²) in [5.41, 5.74) is 0. The summed E-state index contributed by atoms with van der Waals surface area (Å²) in [5.74, 6) is 3.84. The summed E-state index contributed by atoms with van der Waals surface area (Å²) in [6.45, 7) is 1.86. The Balaban J connectivity index is 1.76. The van der Waals surface area contributed by atoms with Gasteiger partial charge in [0, 0.05) is 5.92 Å². The summed E-state index contributed by atoms with van der Waals surface area (Å²) < 4.78 is 5.23. The Kier molecular flexibility index (Phi) is 1.84. The quantitative estimate of drug-likeness (QED) is 0.708. The molecular weight excluding hydrogens is 200 g/mol. The van der Waals surface area contributed by atoms with Crippen LogP contribution in [0.3, 0.4) is 0 Å². The highest BCUT2D eigenvalue weighted by atomic mass is 35.5. The standard InChI is InChI=1S/C10H13ClN2O/c1-5(11)9-12-10(14-13-9)8-3-6-2-7(6)4-8/h5-8H,2-4H2,1H3. The fourth-order valence-electron chi connectivity index (χ4n) is 2.49. The van der Waals surface area contributed by atoms with Crippen LogP contribution in [0.1, 0.15) is 49.2 Å². The van der Waals surface area contributed by atoms with Crippen LogP contribution in [-0.4, -0.2) is 10.1 Å². The van der Waals surface area contributed by atoms with E-state index in [1.54, 1.807) is 0 Å². The molecule has 2 aliphatic carbocycles. The molecule has 3 atom stereocenters. The van der Waals surface area contributed by atoms with Crippen LogP contribution >= 0.6 is 11.6 Å². The molecule has 1 aromatic heterocycles. The summed E-state index contributed by atoms with van der Waals surface area (Å²) in [5, 5.41) is 3.73. The lowest BCUT2D eigenvalue weighted by atomic mass is 10.0. The second-order valence-electron chi connectivity index (χ2n) is 4.53. The number of hydrogen-bond acceptors (Lipinski definition) is 3. The van der Waals surface area contributed by atoms with Crippen molar-refractivity contribution in [3.05, 3.63) is 11.7 Å². The van der Waals surface area contributed by atoms with Gasteiger partial charge in [0.1, 0.15) is 0 Å². The molecule has 0 amide bonds. The first-order valence-corrected chi connectivity index (χ1v) is 5.65. The smallest absolute Gasteiger partial charge is 0.229 e. The van der Waals surface area contributed by atoms with Gasteiger partial charge in [-0.3, -0.25) is 0 Å². The van der Waals surface area contributed by atoms with Crippen LogP contribution in [0.25, 0.3) is 0 Å². The van der Waals surface area contributed by atoms with Gasteiger partial charge in [0.15, 0.2) is 5.82 Å². The van der Waals surface area contributed by atoms with E-state index >= 15 is 0 Å². The zero-order valence-electron chi connectivity index (χ0n) is 8.11. The van der Waals surface area contributed by atoms with Gasteiger partial charge in [-0.15, -0.1) is 11.6 Å². The van der Waals surface area contributed by atoms with Crippen LogP contribution in [-0.2, 0) is 0 Å². The van der Waals surface area contributed by atoms with Crippen molar-refractivity contribution in [2.24, 2.45) is 11.8 Å². The molecule has 0 N–H and O–H groups in total. The number of rotatable bonds is 2. The number of aromatic nitrogens is 2. The van der Waals surface area contributed by atoms with Crippen molar-refractivity contribution in [1.29, 1.82) is 0 Å². The molecule has 0 aliphatic heterocycles. The van der Waals surface area contributed by atoms with Crippen molar-refractivity contribution in [3.8, 4) is 0 Å². The third kappa shape index (κ3) is 1.34. The highest BCUT2D eigenvalue weighted by Crippen LogP contribution is 2.57. The van der Waals surface area contributed by atoms with Gasteiger partial charge in [-0.2, -0.15) is 4.98 Å². The average Bonchev–Trinajstić information content (AvgIpc) is 2.69. The van der Waals surface area contributed by atoms with E-state index in [4.69, 9.17) is 16.1 Å². The van der Waals surface area contributed by atoms with Crippen molar-refractivity contribution in [1.82, 2.24) is 10.1 Å². The molecule has 2 fully saturated rings. The molecule has 0 bridgehead atoms. The third-order valence-electron chi connectivity index (χ3n) is 3.41. The first-order valence-electron chi connectivity index (χ1n) is 5.21. The fourth-order valence-corrected chi connectivity index (χ4v) is 2.58. The molecule has 0 saturated heterocycles. The van der Waals surface area contributed by atoms with Crippen LogP contribution in [0.4, 0.5) is 0 Å². The topological polar surface area (TPSA) is 38.9 Å². The van der Waals surface area contributed by atoms with Crippen LogP contribution in [0.2, 0.25) is 0 Å². The molecule has 0 radical (unpaired) electrons. The van der Waals surface area contributed by atoms with Crippen LogP contribution in [0.5, 0.6) is 0 Å². The summed E-state index contributed by atoms with van der Waals surface area (Å²) >= 11 is 5.88. The second-order valence-corrected chi connectivity index (χ2v) is 5.19. The molecule has 3 unspecified atom stereocenters. The highest BCUT2D eigenvalue weighted by Gasteiger charge is 2.47. The van der Waals surface area contributed by atoms with Gasteiger partial charge in [-0.05, 0) is 38.0 Å². The van der Waals surface area contributed by atoms with Gasteiger partial charge in [0.05, 0.1) is 5.38 Å². The van der Waals surface area contributed by atoms with E-state index < -0.39 is 0 Å². The molecule has 76 valence electrons. The van der Waals surface area contributed by atoms with Crippen LogP contribution < -0.4 is 0 Å². The Hall–Kier alpha value is -0.570. The Bertz CT molecular complexity index is 340. The minimum absolute atomic E-state index is 0.150. The van der Waals surface area contributed by atoms with Crippen molar-refractivity contribution in [3.63, 3.8) is 0 Å². The van der Waals surface area contributed by atoms with E-state index in [9.17, 15) is 0 Å². The van der Waals surface area contributed by atoms with E-state index in [2.05, 4.69) is 10.1 Å². The molecule has 0 spiro atoms. The Morgan fingerprint density at radius 2 is 2.07 bits per heavy atom. The molecule has 2 aliphatic rings. The largest absolute Gasteiger partial charge is 0.339 e. The number of fused-ring (bicyclic) bond motifs is 1. The third-order valence-corrected chi connectivity index (χ3v) is 3.60. The zero-order valence-corrected chi connectivity index (χ0v) is 8.87. The van der Waals surface area contributed by atoms with Gasteiger partial charge >= 0.3 is 0 Å². The molecule has 0 aromatic carbocycles. The molecule has 1 aromatic rings. The fraction of sp³-hybridized carbons (Fsp3) is 0.800. The van der Waals surface area contributed by atoms with Crippen molar-refractivity contribution < 1.29 is 4.52 Å². The number of halogens is 1. The molecule has 3 rings (SSSR count). The Labute approximate surface area is 87.8 Å².